The molecule has 0 amide bonds. The van der Waals surface area contributed by atoms with Crippen LogP contribution in [0.1, 0.15) is 28.3 Å². The highest BCUT2D eigenvalue weighted by Crippen LogP contribution is 2.29. The lowest BCUT2D eigenvalue weighted by Gasteiger charge is -2.40. The average molecular weight is 465 g/mol. The van der Waals surface area contributed by atoms with Gasteiger partial charge in [0.2, 0.25) is 0 Å². The van der Waals surface area contributed by atoms with Crippen LogP contribution in [-0.4, -0.2) is 60.3 Å². The Balaban J connectivity index is 1.32. The summed E-state index contributed by atoms with van der Waals surface area (Å²) in [6.45, 7) is 8.58. The summed E-state index contributed by atoms with van der Waals surface area (Å²) in [7, 11) is 0. The third-order valence-electron chi connectivity index (χ3n) is 6.32. The molecule has 174 valence electrons. The highest BCUT2D eigenvalue weighted by atomic mass is 35.5. The van der Waals surface area contributed by atoms with E-state index in [1.807, 2.05) is 26.0 Å². The van der Waals surface area contributed by atoms with E-state index in [9.17, 15) is 5.11 Å². The van der Waals surface area contributed by atoms with E-state index in [1.54, 1.807) is 0 Å². The van der Waals surface area contributed by atoms with Crippen LogP contribution in [0.15, 0.2) is 72.8 Å². The molecule has 1 aliphatic rings. The molecule has 0 bridgehead atoms. The maximum Gasteiger partial charge on any atom is 0.120 e. The number of β-amino-alcohol motifs (C(OH)–C–C–N with tert-alkyl or cyclic N) is 1. The number of ether oxygens (including phenoxy) is 1. The van der Waals surface area contributed by atoms with Crippen LogP contribution in [0, 0.1) is 13.8 Å². The first-order valence-corrected chi connectivity index (χ1v) is 12.0. The van der Waals surface area contributed by atoms with Gasteiger partial charge in [-0.2, -0.15) is 0 Å². The third-order valence-corrected chi connectivity index (χ3v) is 6.92. The third kappa shape index (κ3) is 6.15. The molecule has 0 saturated carbocycles. The van der Waals surface area contributed by atoms with Crippen LogP contribution >= 0.6 is 11.6 Å². The number of aryl methyl sites for hydroxylation is 2. The van der Waals surface area contributed by atoms with Gasteiger partial charge in [0.25, 0.3) is 0 Å². The first-order valence-electron chi connectivity index (χ1n) is 11.6. The van der Waals surface area contributed by atoms with Crippen LogP contribution in [0.25, 0.3) is 0 Å². The minimum atomic E-state index is -0.535. The molecule has 5 heteroatoms. The largest absolute Gasteiger partial charge is 0.491 e. The number of aliphatic hydroxyl groups excluding tert-OH is 1. The first kappa shape index (κ1) is 23.8. The molecular weight excluding hydrogens is 432 g/mol. The topological polar surface area (TPSA) is 35.9 Å². The van der Waals surface area contributed by atoms with Crippen molar-refractivity contribution in [1.29, 1.82) is 0 Å². The van der Waals surface area contributed by atoms with Gasteiger partial charge in [-0.1, -0.05) is 72.3 Å². The minimum absolute atomic E-state index is 0.249. The Hall–Kier alpha value is -2.37. The molecule has 0 aliphatic carbocycles. The van der Waals surface area contributed by atoms with Crippen molar-refractivity contribution in [3.8, 4) is 5.75 Å². The molecule has 0 aromatic heterocycles. The van der Waals surface area contributed by atoms with E-state index in [1.165, 1.54) is 11.1 Å². The molecule has 4 nitrogen and oxygen atoms in total. The van der Waals surface area contributed by atoms with Gasteiger partial charge in [-0.25, -0.2) is 0 Å². The maximum atomic E-state index is 10.6. The Morgan fingerprint density at radius 2 is 1.36 bits per heavy atom. The van der Waals surface area contributed by atoms with Crippen molar-refractivity contribution in [3.63, 3.8) is 0 Å². The number of rotatable bonds is 8. The Bertz CT molecular complexity index is 958. The minimum Gasteiger partial charge on any atom is -0.491 e. The number of aliphatic hydroxyl groups is 1. The number of halogens is 1. The summed E-state index contributed by atoms with van der Waals surface area (Å²) in [5.74, 6) is 0.756. The molecule has 3 aromatic rings. The van der Waals surface area contributed by atoms with E-state index < -0.39 is 6.10 Å². The zero-order valence-electron chi connectivity index (χ0n) is 19.5. The molecule has 3 aromatic carbocycles. The summed E-state index contributed by atoms with van der Waals surface area (Å²) in [5, 5.41) is 11.3. The monoisotopic (exact) mass is 464 g/mol. The molecule has 0 unspecified atom stereocenters. The zero-order valence-corrected chi connectivity index (χ0v) is 20.2. The van der Waals surface area contributed by atoms with E-state index in [4.69, 9.17) is 16.3 Å². The van der Waals surface area contributed by atoms with Crippen molar-refractivity contribution >= 4 is 11.6 Å². The summed E-state index contributed by atoms with van der Waals surface area (Å²) in [4.78, 5) is 4.87. The molecule has 1 N–H and O–H groups in total. The molecule has 33 heavy (non-hydrogen) atoms. The van der Waals surface area contributed by atoms with Gasteiger partial charge in [0.15, 0.2) is 0 Å². The van der Waals surface area contributed by atoms with Crippen LogP contribution in [0.3, 0.4) is 0 Å². The molecule has 1 atom stereocenters. The van der Waals surface area contributed by atoms with Crippen molar-refractivity contribution in [2.75, 3.05) is 39.3 Å². The summed E-state index contributed by atoms with van der Waals surface area (Å²) < 4.78 is 5.86. The lowest BCUT2D eigenvalue weighted by atomic mass is 9.96. The van der Waals surface area contributed by atoms with Crippen molar-refractivity contribution in [2.24, 2.45) is 0 Å². The Labute approximate surface area is 202 Å². The fourth-order valence-corrected chi connectivity index (χ4v) is 4.73. The lowest BCUT2D eigenvalue weighted by molar-refractivity contribution is 0.0400. The van der Waals surface area contributed by atoms with E-state index in [-0.39, 0.29) is 12.6 Å². The zero-order chi connectivity index (χ0) is 23.2. The summed E-state index contributed by atoms with van der Waals surface area (Å²) in [6.07, 6.45) is -0.535. The van der Waals surface area contributed by atoms with Crippen molar-refractivity contribution < 1.29 is 9.84 Å². The molecule has 1 fully saturated rings. The molecule has 1 aliphatic heterocycles. The van der Waals surface area contributed by atoms with Crippen LogP contribution in [0.4, 0.5) is 0 Å². The Morgan fingerprint density at radius 3 is 1.88 bits per heavy atom. The normalized spacial score (nSPS) is 16.2. The Kier molecular flexibility index (Phi) is 8.05. The predicted octanol–water partition coefficient (Wildman–Crippen LogP) is 5.10. The molecule has 0 spiro atoms. The van der Waals surface area contributed by atoms with Crippen LogP contribution in [0.2, 0.25) is 5.02 Å². The van der Waals surface area contributed by atoms with E-state index in [0.29, 0.717) is 6.54 Å². The summed E-state index contributed by atoms with van der Waals surface area (Å²) in [6, 6.07) is 25.5. The second-order valence-electron chi connectivity index (χ2n) is 8.90. The van der Waals surface area contributed by atoms with E-state index in [0.717, 1.165) is 48.1 Å². The van der Waals surface area contributed by atoms with Gasteiger partial charge in [-0.05, 0) is 48.2 Å². The molecule has 1 saturated heterocycles. The van der Waals surface area contributed by atoms with E-state index >= 15 is 0 Å². The van der Waals surface area contributed by atoms with E-state index in [2.05, 4.69) is 70.5 Å². The van der Waals surface area contributed by atoms with Crippen molar-refractivity contribution in [1.82, 2.24) is 9.80 Å². The van der Waals surface area contributed by atoms with Crippen LogP contribution < -0.4 is 4.74 Å². The quantitative estimate of drug-likeness (QED) is 0.503. The number of hydrogen-bond acceptors (Lipinski definition) is 4. The second-order valence-corrected chi connectivity index (χ2v) is 9.27. The van der Waals surface area contributed by atoms with Gasteiger partial charge in [0.1, 0.15) is 18.5 Å². The summed E-state index contributed by atoms with van der Waals surface area (Å²) >= 11 is 6.24. The van der Waals surface area contributed by atoms with Gasteiger partial charge in [0.05, 0.1) is 6.04 Å². The Morgan fingerprint density at radius 1 is 0.848 bits per heavy atom. The van der Waals surface area contributed by atoms with Gasteiger partial charge >= 0.3 is 0 Å². The number of piperazine rings is 1. The number of benzene rings is 3. The first-order chi connectivity index (χ1) is 16.0. The van der Waals surface area contributed by atoms with Crippen LogP contribution in [-0.2, 0) is 0 Å². The lowest BCUT2D eigenvalue weighted by Crippen LogP contribution is -2.50. The van der Waals surface area contributed by atoms with Crippen molar-refractivity contribution in [2.45, 2.75) is 26.0 Å². The number of hydrogen-bond donors (Lipinski definition) is 1. The van der Waals surface area contributed by atoms with Gasteiger partial charge in [0, 0.05) is 37.7 Å². The smallest absolute Gasteiger partial charge is 0.120 e. The standard InChI is InChI=1S/C28H33ClN2O2/c1-21-17-26(18-22(2)27(21)29)33-20-25(32)19-30-13-15-31(16-14-30)28(23-9-5-3-6-10-23)24-11-7-4-8-12-24/h3-12,17-18,25,28,32H,13-16,19-20H2,1-2H3/t25-/m0/s1. The maximum absolute atomic E-state index is 10.6. The molecular formula is C28H33ClN2O2. The fraction of sp³-hybridized carbons (Fsp3) is 0.357. The second kappa shape index (κ2) is 11.2. The van der Waals surface area contributed by atoms with Gasteiger partial charge in [-0.15, -0.1) is 0 Å². The molecule has 4 rings (SSSR count). The van der Waals surface area contributed by atoms with Gasteiger partial charge in [-0.3, -0.25) is 9.80 Å². The molecule has 0 radical (unpaired) electrons. The molecule has 1 heterocycles. The fourth-order valence-electron chi connectivity index (χ4n) is 4.62. The van der Waals surface area contributed by atoms with Crippen molar-refractivity contribution in [3.05, 3.63) is 100 Å². The van der Waals surface area contributed by atoms with Crippen LogP contribution in [0.5, 0.6) is 5.75 Å². The highest BCUT2D eigenvalue weighted by molar-refractivity contribution is 6.32. The highest BCUT2D eigenvalue weighted by Gasteiger charge is 2.27. The van der Waals surface area contributed by atoms with Gasteiger partial charge < -0.3 is 9.84 Å². The SMILES string of the molecule is Cc1cc(OC[C@@H](O)CN2CCN(C(c3ccccc3)c3ccccc3)CC2)cc(C)c1Cl. The summed E-state index contributed by atoms with van der Waals surface area (Å²) in [5.41, 5.74) is 4.62. The number of nitrogens with zero attached hydrogens (tertiary/aromatic N) is 2. The average Bonchev–Trinajstić information content (AvgIpc) is 2.84. The predicted molar refractivity (Wildman–Crippen MR) is 135 cm³/mol.